The van der Waals surface area contributed by atoms with Gasteiger partial charge in [-0.2, -0.15) is 5.10 Å². The van der Waals surface area contributed by atoms with Crippen molar-refractivity contribution in [2.24, 2.45) is 0 Å². The van der Waals surface area contributed by atoms with E-state index < -0.39 is 0 Å². The molecule has 2 aromatic carbocycles. The standard InChI is InChI=1S/C24H23N3O3/c1-24(2)14-16-10-22-23(30-9-8-29-22)11-17(16)19(25-24)13-21(28)20-12-18(26-27-20)15-6-4-3-5-7-15/h3-7,10-13,25H,8-9,14H2,1-2H3,(H,26,27)/b19-13-. The predicted molar refractivity (Wildman–Crippen MR) is 115 cm³/mol. The normalized spacial score (nSPS) is 17.9. The van der Waals surface area contributed by atoms with Gasteiger partial charge >= 0.3 is 0 Å². The van der Waals surface area contributed by atoms with Crippen LogP contribution in [0.2, 0.25) is 0 Å². The van der Waals surface area contributed by atoms with Gasteiger partial charge in [0.05, 0.1) is 5.69 Å². The Morgan fingerprint density at radius 2 is 1.80 bits per heavy atom. The molecule has 0 radical (unpaired) electrons. The first kappa shape index (κ1) is 18.5. The first-order valence-corrected chi connectivity index (χ1v) is 10.1. The molecule has 152 valence electrons. The SMILES string of the molecule is CC1(C)Cc2cc3c(cc2/C(=C/C(=O)c2cc(-c4ccccc4)n[nH]2)N1)OCCO3. The Morgan fingerprint density at radius 3 is 2.57 bits per heavy atom. The molecule has 6 nitrogen and oxygen atoms in total. The molecule has 0 saturated heterocycles. The average molecular weight is 401 g/mol. The van der Waals surface area contributed by atoms with Crippen molar-refractivity contribution in [2.45, 2.75) is 25.8 Å². The number of H-pyrrole nitrogens is 1. The van der Waals surface area contributed by atoms with E-state index in [2.05, 4.69) is 29.4 Å². The molecule has 2 N–H and O–H groups in total. The summed E-state index contributed by atoms with van der Waals surface area (Å²) >= 11 is 0. The molecule has 3 aromatic rings. The van der Waals surface area contributed by atoms with Crippen molar-refractivity contribution in [3.8, 4) is 22.8 Å². The third-order valence-corrected chi connectivity index (χ3v) is 5.35. The third kappa shape index (κ3) is 3.45. The summed E-state index contributed by atoms with van der Waals surface area (Å²) < 4.78 is 11.5. The highest BCUT2D eigenvalue weighted by molar-refractivity contribution is 6.08. The molecule has 6 heteroatoms. The zero-order valence-corrected chi connectivity index (χ0v) is 17.0. The van der Waals surface area contributed by atoms with Crippen molar-refractivity contribution in [1.82, 2.24) is 15.5 Å². The van der Waals surface area contributed by atoms with E-state index in [1.54, 1.807) is 12.1 Å². The topological polar surface area (TPSA) is 76.2 Å². The molecule has 0 bridgehead atoms. The van der Waals surface area contributed by atoms with Crippen LogP contribution in [0.25, 0.3) is 17.0 Å². The molecule has 0 aliphatic carbocycles. The maximum absolute atomic E-state index is 13.0. The van der Waals surface area contributed by atoms with E-state index in [-0.39, 0.29) is 11.3 Å². The fourth-order valence-corrected chi connectivity index (χ4v) is 4.01. The van der Waals surface area contributed by atoms with Crippen LogP contribution in [0.15, 0.2) is 54.6 Å². The quantitative estimate of drug-likeness (QED) is 0.513. The molecule has 30 heavy (non-hydrogen) atoms. The number of nitrogens with zero attached hydrogens (tertiary/aromatic N) is 1. The molecular formula is C24H23N3O3. The molecule has 0 unspecified atom stereocenters. The fourth-order valence-electron chi connectivity index (χ4n) is 4.01. The number of benzene rings is 2. The van der Waals surface area contributed by atoms with Crippen LogP contribution in [0.1, 0.15) is 35.5 Å². The zero-order valence-electron chi connectivity index (χ0n) is 17.0. The summed E-state index contributed by atoms with van der Waals surface area (Å²) in [5, 5.41) is 10.7. The number of aromatic amines is 1. The van der Waals surface area contributed by atoms with Gasteiger partial charge in [-0.25, -0.2) is 0 Å². The lowest BCUT2D eigenvalue weighted by Gasteiger charge is -2.36. The summed E-state index contributed by atoms with van der Waals surface area (Å²) in [5.74, 6) is 1.35. The van der Waals surface area contributed by atoms with E-state index in [4.69, 9.17) is 9.47 Å². The number of allylic oxidation sites excluding steroid dienone is 1. The highest BCUT2D eigenvalue weighted by Gasteiger charge is 2.30. The number of fused-ring (bicyclic) bond motifs is 2. The van der Waals surface area contributed by atoms with Gasteiger partial charge in [-0.3, -0.25) is 9.89 Å². The van der Waals surface area contributed by atoms with Crippen LogP contribution in [-0.2, 0) is 6.42 Å². The van der Waals surface area contributed by atoms with Crippen LogP contribution in [-0.4, -0.2) is 34.7 Å². The Hall–Kier alpha value is -3.54. The minimum Gasteiger partial charge on any atom is -0.486 e. The van der Waals surface area contributed by atoms with Crippen molar-refractivity contribution >= 4 is 11.5 Å². The van der Waals surface area contributed by atoms with Crippen LogP contribution >= 0.6 is 0 Å². The smallest absolute Gasteiger partial charge is 0.205 e. The van der Waals surface area contributed by atoms with Crippen LogP contribution in [0.5, 0.6) is 11.5 Å². The number of nitrogens with one attached hydrogen (secondary N) is 2. The lowest BCUT2D eigenvalue weighted by atomic mass is 9.85. The molecule has 0 saturated carbocycles. The van der Waals surface area contributed by atoms with E-state index in [0.717, 1.165) is 40.3 Å². The van der Waals surface area contributed by atoms with Gasteiger partial charge < -0.3 is 14.8 Å². The van der Waals surface area contributed by atoms with Gasteiger partial charge in [0.15, 0.2) is 11.5 Å². The van der Waals surface area contributed by atoms with E-state index >= 15 is 0 Å². The maximum atomic E-state index is 13.0. The third-order valence-electron chi connectivity index (χ3n) is 5.35. The number of rotatable bonds is 3. The Morgan fingerprint density at radius 1 is 1.07 bits per heavy atom. The predicted octanol–water partition coefficient (Wildman–Crippen LogP) is 4.00. The summed E-state index contributed by atoms with van der Waals surface area (Å²) in [6, 6.07) is 15.6. The molecule has 0 spiro atoms. The van der Waals surface area contributed by atoms with E-state index in [9.17, 15) is 4.79 Å². The lowest BCUT2D eigenvalue weighted by Crippen LogP contribution is -2.44. The summed E-state index contributed by atoms with van der Waals surface area (Å²) in [4.78, 5) is 13.0. The Kier molecular flexibility index (Phi) is 4.35. The zero-order chi connectivity index (χ0) is 20.7. The summed E-state index contributed by atoms with van der Waals surface area (Å²) in [6.07, 6.45) is 2.46. The molecular weight excluding hydrogens is 378 g/mol. The van der Waals surface area contributed by atoms with Gasteiger partial charge in [0.25, 0.3) is 0 Å². The van der Waals surface area contributed by atoms with Crippen LogP contribution in [0.3, 0.4) is 0 Å². The average Bonchev–Trinajstić information content (AvgIpc) is 3.23. The summed E-state index contributed by atoms with van der Waals surface area (Å²) in [5.41, 5.74) is 4.85. The number of ketones is 1. The van der Waals surface area contributed by atoms with Gasteiger partial charge in [0, 0.05) is 28.4 Å². The number of hydrogen-bond acceptors (Lipinski definition) is 5. The van der Waals surface area contributed by atoms with Gasteiger partial charge in [0.1, 0.15) is 18.9 Å². The van der Waals surface area contributed by atoms with Crippen molar-refractivity contribution in [3.63, 3.8) is 0 Å². The molecule has 0 amide bonds. The van der Waals surface area contributed by atoms with Gasteiger partial charge in [-0.1, -0.05) is 30.3 Å². The molecule has 2 aliphatic heterocycles. The van der Waals surface area contributed by atoms with Gasteiger partial charge in [0.2, 0.25) is 5.78 Å². The first-order chi connectivity index (χ1) is 14.5. The maximum Gasteiger partial charge on any atom is 0.205 e. The second-order valence-corrected chi connectivity index (χ2v) is 8.29. The minimum atomic E-state index is -0.188. The Balaban J connectivity index is 1.51. The molecule has 0 atom stereocenters. The molecule has 3 heterocycles. The first-order valence-electron chi connectivity index (χ1n) is 10.1. The molecule has 0 fully saturated rings. The lowest BCUT2D eigenvalue weighted by molar-refractivity contribution is 0.104. The van der Waals surface area contributed by atoms with Gasteiger partial charge in [-0.15, -0.1) is 0 Å². The monoisotopic (exact) mass is 401 g/mol. The number of ether oxygens (including phenoxy) is 2. The Bertz CT molecular complexity index is 1150. The Labute approximate surface area is 174 Å². The molecule has 1 aromatic heterocycles. The van der Waals surface area contributed by atoms with Crippen molar-refractivity contribution in [3.05, 3.63) is 71.4 Å². The van der Waals surface area contributed by atoms with Crippen LogP contribution in [0.4, 0.5) is 0 Å². The van der Waals surface area contributed by atoms with Crippen molar-refractivity contribution < 1.29 is 14.3 Å². The van der Waals surface area contributed by atoms with Crippen LogP contribution < -0.4 is 14.8 Å². The second-order valence-electron chi connectivity index (χ2n) is 8.29. The number of hydrogen-bond donors (Lipinski definition) is 2. The second kappa shape index (κ2) is 7.06. The largest absolute Gasteiger partial charge is 0.486 e. The van der Waals surface area contributed by atoms with E-state index in [1.165, 1.54) is 0 Å². The molecule has 2 aliphatic rings. The summed E-state index contributed by atoms with van der Waals surface area (Å²) in [7, 11) is 0. The number of carbonyl (C=O) groups excluding carboxylic acids is 1. The number of carbonyl (C=O) groups is 1. The minimum absolute atomic E-state index is 0.134. The number of aromatic nitrogens is 2. The van der Waals surface area contributed by atoms with E-state index in [0.29, 0.717) is 24.7 Å². The van der Waals surface area contributed by atoms with Crippen LogP contribution in [0, 0.1) is 0 Å². The van der Waals surface area contributed by atoms with Crippen molar-refractivity contribution in [1.29, 1.82) is 0 Å². The fraction of sp³-hybridized carbons (Fsp3) is 0.250. The highest BCUT2D eigenvalue weighted by atomic mass is 16.6. The highest BCUT2D eigenvalue weighted by Crippen LogP contribution is 2.39. The summed E-state index contributed by atoms with van der Waals surface area (Å²) in [6.45, 7) is 5.32. The van der Waals surface area contributed by atoms with E-state index in [1.807, 2.05) is 42.5 Å². The van der Waals surface area contributed by atoms with Crippen molar-refractivity contribution in [2.75, 3.05) is 13.2 Å². The van der Waals surface area contributed by atoms with Gasteiger partial charge in [-0.05, 0) is 44.0 Å². The molecule has 5 rings (SSSR count).